The molecule has 3 rings (SSSR count). The molecule has 3 heterocycles. The monoisotopic (exact) mass is 414 g/mol. The van der Waals surface area contributed by atoms with Gasteiger partial charge in [0.1, 0.15) is 9.97 Å². The van der Waals surface area contributed by atoms with Crippen LogP contribution in [0.15, 0.2) is 44.5 Å². The molecule has 0 unspecified atom stereocenters. The van der Waals surface area contributed by atoms with Crippen molar-refractivity contribution in [2.75, 3.05) is 25.4 Å². The third-order valence-corrected chi connectivity index (χ3v) is 8.43. The predicted molar refractivity (Wildman–Crippen MR) is 104 cm³/mol. The first kappa shape index (κ1) is 19.5. The molecule has 0 bridgehead atoms. The molecule has 0 radical (unpaired) electrons. The van der Waals surface area contributed by atoms with Crippen molar-refractivity contribution >= 4 is 39.0 Å². The summed E-state index contributed by atoms with van der Waals surface area (Å²) in [6, 6.07) is 7.12. The first-order chi connectivity index (χ1) is 12.6. The number of nitrogens with one attached hydrogen (secondary N) is 1. The standard InChI is InChI=1S/C17H22N2O4S3/c20-17(18-7-11-24-13-15-5-2-9-23-15)14-4-1-8-19(12-14)26(21,22)16-6-3-10-25-16/h2-3,5-6,9-10,14H,1,4,7-8,11-13H2,(H,18,20)/t14-/m1/s1. The molecule has 2 aromatic rings. The summed E-state index contributed by atoms with van der Waals surface area (Å²) >= 11 is 2.90. The van der Waals surface area contributed by atoms with Gasteiger partial charge in [0.25, 0.3) is 10.0 Å². The number of hydrogen-bond donors (Lipinski definition) is 1. The van der Waals surface area contributed by atoms with Crippen LogP contribution in [0.3, 0.4) is 0 Å². The minimum atomic E-state index is -3.48. The van der Waals surface area contributed by atoms with Gasteiger partial charge in [-0.3, -0.25) is 4.79 Å². The molecular formula is C17H22N2O4S3. The van der Waals surface area contributed by atoms with E-state index in [0.717, 1.165) is 23.7 Å². The van der Waals surface area contributed by atoms with E-state index >= 15 is 0 Å². The summed E-state index contributed by atoms with van der Waals surface area (Å²) in [5.74, 6) is 2.14. The molecule has 9 heteroatoms. The number of amides is 1. The normalized spacial score (nSPS) is 18.7. The molecule has 1 fully saturated rings. The molecule has 1 amide bonds. The maximum absolute atomic E-state index is 12.6. The zero-order valence-electron chi connectivity index (χ0n) is 14.3. The van der Waals surface area contributed by atoms with Gasteiger partial charge in [-0.1, -0.05) is 6.07 Å². The maximum atomic E-state index is 12.6. The fourth-order valence-electron chi connectivity index (χ4n) is 2.87. The van der Waals surface area contributed by atoms with Crippen molar-refractivity contribution in [2.24, 2.45) is 5.92 Å². The summed E-state index contributed by atoms with van der Waals surface area (Å²) < 4.78 is 32.3. The number of thioether (sulfide) groups is 1. The van der Waals surface area contributed by atoms with Crippen molar-refractivity contribution in [3.8, 4) is 0 Å². The predicted octanol–water partition coefficient (Wildman–Crippen LogP) is 2.79. The fraction of sp³-hybridized carbons (Fsp3) is 0.471. The van der Waals surface area contributed by atoms with Gasteiger partial charge >= 0.3 is 0 Å². The second kappa shape index (κ2) is 9.07. The Morgan fingerprint density at radius 2 is 2.27 bits per heavy atom. The van der Waals surface area contributed by atoms with Gasteiger partial charge in [-0.15, -0.1) is 11.3 Å². The smallest absolute Gasteiger partial charge is 0.252 e. The molecule has 142 valence electrons. The number of hydrogen-bond acceptors (Lipinski definition) is 6. The molecule has 1 saturated heterocycles. The van der Waals surface area contributed by atoms with Crippen LogP contribution in [0.2, 0.25) is 0 Å². The Labute approximate surface area is 162 Å². The first-order valence-corrected chi connectivity index (χ1v) is 12.0. The zero-order valence-corrected chi connectivity index (χ0v) is 16.7. The summed E-state index contributed by atoms with van der Waals surface area (Å²) in [4.78, 5) is 12.4. The molecule has 0 saturated carbocycles. The van der Waals surface area contributed by atoms with Crippen LogP contribution in [-0.4, -0.2) is 44.0 Å². The third-order valence-electron chi connectivity index (χ3n) is 4.21. The molecule has 1 N–H and O–H groups in total. The van der Waals surface area contributed by atoms with Crippen LogP contribution in [0.4, 0.5) is 0 Å². The number of thiophene rings is 1. The van der Waals surface area contributed by atoms with Crippen molar-refractivity contribution in [3.05, 3.63) is 41.7 Å². The maximum Gasteiger partial charge on any atom is 0.252 e. The highest BCUT2D eigenvalue weighted by molar-refractivity contribution is 7.98. The highest BCUT2D eigenvalue weighted by Crippen LogP contribution is 2.26. The van der Waals surface area contributed by atoms with Gasteiger partial charge in [0, 0.05) is 25.4 Å². The summed E-state index contributed by atoms with van der Waals surface area (Å²) in [6.07, 6.45) is 3.08. The Morgan fingerprint density at radius 1 is 1.38 bits per heavy atom. The molecule has 0 aromatic carbocycles. The number of carbonyl (C=O) groups is 1. The Balaban J connectivity index is 1.44. The van der Waals surface area contributed by atoms with Crippen molar-refractivity contribution in [1.82, 2.24) is 9.62 Å². The van der Waals surface area contributed by atoms with E-state index in [4.69, 9.17) is 4.42 Å². The van der Waals surface area contributed by atoms with Crippen molar-refractivity contribution in [2.45, 2.75) is 22.8 Å². The summed E-state index contributed by atoms with van der Waals surface area (Å²) in [6.45, 7) is 1.30. The largest absolute Gasteiger partial charge is 0.468 e. The fourth-order valence-corrected chi connectivity index (χ4v) is 6.29. The molecule has 1 aliphatic heterocycles. The van der Waals surface area contributed by atoms with Gasteiger partial charge in [-0.05, 0) is 36.4 Å². The summed E-state index contributed by atoms with van der Waals surface area (Å²) in [5, 5.41) is 4.68. The minimum Gasteiger partial charge on any atom is -0.468 e. The summed E-state index contributed by atoms with van der Waals surface area (Å²) in [5.41, 5.74) is 0. The van der Waals surface area contributed by atoms with E-state index in [9.17, 15) is 13.2 Å². The number of carbonyl (C=O) groups excluding carboxylic acids is 1. The second-order valence-electron chi connectivity index (χ2n) is 6.06. The van der Waals surface area contributed by atoms with Gasteiger partial charge in [0.05, 0.1) is 17.9 Å². The Kier molecular flexibility index (Phi) is 6.80. The van der Waals surface area contributed by atoms with Crippen molar-refractivity contribution in [1.29, 1.82) is 0 Å². The Bertz CT molecular complexity index is 788. The second-order valence-corrected chi connectivity index (χ2v) is 10.3. The van der Waals surface area contributed by atoms with E-state index in [0.29, 0.717) is 23.7 Å². The van der Waals surface area contributed by atoms with Gasteiger partial charge < -0.3 is 9.73 Å². The van der Waals surface area contributed by atoms with Crippen molar-refractivity contribution < 1.29 is 17.6 Å². The average Bonchev–Trinajstić information content (AvgIpc) is 3.35. The van der Waals surface area contributed by atoms with Crippen LogP contribution in [0.5, 0.6) is 0 Å². The lowest BCUT2D eigenvalue weighted by molar-refractivity contribution is -0.125. The van der Waals surface area contributed by atoms with Crippen LogP contribution in [0.25, 0.3) is 0 Å². The van der Waals surface area contributed by atoms with Crippen LogP contribution in [0, 0.1) is 5.92 Å². The zero-order chi connectivity index (χ0) is 18.4. The molecule has 26 heavy (non-hydrogen) atoms. The van der Waals surface area contributed by atoms with E-state index < -0.39 is 10.0 Å². The number of furan rings is 1. The molecule has 0 spiro atoms. The van der Waals surface area contributed by atoms with E-state index in [2.05, 4.69) is 5.32 Å². The average molecular weight is 415 g/mol. The number of rotatable bonds is 8. The minimum absolute atomic E-state index is 0.0605. The van der Waals surface area contributed by atoms with Crippen LogP contribution in [0.1, 0.15) is 18.6 Å². The number of piperidine rings is 1. The van der Waals surface area contributed by atoms with E-state index in [1.807, 2.05) is 12.1 Å². The first-order valence-electron chi connectivity index (χ1n) is 8.49. The third kappa shape index (κ3) is 4.91. The molecule has 6 nitrogen and oxygen atoms in total. The topological polar surface area (TPSA) is 79.6 Å². The SMILES string of the molecule is O=C(NCCSCc1ccco1)[C@@H]1CCCN(S(=O)(=O)c2cccs2)C1. The van der Waals surface area contributed by atoms with E-state index in [1.54, 1.807) is 35.5 Å². The molecular weight excluding hydrogens is 392 g/mol. The molecule has 1 atom stereocenters. The van der Waals surface area contributed by atoms with Crippen LogP contribution >= 0.6 is 23.1 Å². The van der Waals surface area contributed by atoms with Gasteiger partial charge in [-0.2, -0.15) is 16.1 Å². The summed E-state index contributed by atoms with van der Waals surface area (Å²) in [7, 11) is -3.48. The highest BCUT2D eigenvalue weighted by Gasteiger charge is 2.33. The molecule has 2 aromatic heterocycles. The van der Waals surface area contributed by atoms with Gasteiger partial charge in [0.2, 0.25) is 5.91 Å². The quantitative estimate of drug-likeness (QED) is 0.672. The number of nitrogens with zero attached hydrogens (tertiary/aromatic N) is 1. The lowest BCUT2D eigenvalue weighted by Crippen LogP contribution is -2.45. The Hall–Kier alpha value is -1.29. The molecule has 0 aliphatic carbocycles. The van der Waals surface area contributed by atoms with E-state index in [1.165, 1.54) is 15.6 Å². The Morgan fingerprint density at radius 3 is 3.00 bits per heavy atom. The van der Waals surface area contributed by atoms with E-state index in [-0.39, 0.29) is 18.4 Å². The molecule has 1 aliphatic rings. The lowest BCUT2D eigenvalue weighted by Gasteiger charge is -2.30. The number of sulfonamides is 1. The lowest BCUT2D eigenvalue weighted by atomic mass is 9.99. The van der Waals surface area contributed by atoms with Crippen LogP contribution in [-0.2, 0) is 20.6 Å². The highest BCUT2D eigenvalue weighted by atomic mass is 32.2. The van der Waals surface area contributed by atoms with Crippen LogP contribution < -0.4 is 5.32 Å². The van der Waals surface area contributed by atoms with Crippen molar-refractivity contribution in [3.63, 3.8) is 0 Å². The van der Waals surface area contributed by atoms with Gasteiger partial charge in [0.15, 0.2) is 0 Å². The van der Waals surface area contributed by atoms with Gasteiger partial charge in [-0.25, -0.2) is 8.42 Å².